The molecule has 0 heteroatoms. The van der Waals surface area contributed by atoms with Crippen LogP contribution in [-0.2, 0) is 0 Å². The fourth-order valence-corrected chi connectivity index (χ4v) is 2.10. The van der Waals surface area contributed by atoms with Crippen molar-refractivity contribution in [1.29, 1.82) is 0 Å². The summed E-state index contributed by atoms with van der Waals surface area (Å²) in [5.41, 5.74) is 0. The number of rotatable bonds is 4. The molecule has 1 aliphatic carbocycles. The Balaban J connectivity index is 0.000000255. The minimum Gasteiger partial charge on any atom is -0.0654 e. The average Bonchev–Trinajstić information content (AvgIpc) is 2.28. The highest BCUT2D eigenvalue weighted by Gasteiger charge is 2.09. The van der Waals surface area contributed by atoms with Gasteiger partial charge >= 0.3 is 0 Å². The molecule has 0 atom stereocenters. The van der Waals surface area contributed by atoms with E-state index in [4.69, 9.17) is 0 Å². The summed E-state index contributed by atoms with van der Waals surface area (Å²) in [4.78, 5) is 0. The van der Waals surface area contributed by atoms with Gasteiger partial charge in [0.05, 0.1) is 0 Å². The molecule has 0 aromatic rings. The van der Waals surface area contributed by atoms with E-state index in [0.717, 1.165) is 5.92 Å². The van der Waals surface area contributed by atoms with Gasteiger partial charge in [-0.15, -0.1) is 0 Å². The summed E-state index contributed by atoms with van der Waals surface area (Å²) in [5, 5.41) is 0. The van der Waals surface area contributed by atoms with E-state index in [1.54, 1.807) is 0 Å². The number of hydrogen-bond donors (Lipinski definition) is 0. The van der Waals surface area contributed by atoms with E-state index in [0.29, 0.717) is 0 Å². The predicted molar refractivity (Wildman–Crippen MR) is 66.7 cm³/mol. The molecule has 0 amide bonds. The Bertz CT molecular complexity index is 86.2. The summed E-state index contributed by atoms with van der Waals surface area (Å²) in [6, 6.07) is 0. The third kappa shape index (κ3) is 8.59. The van der Waals surface area contributed by atoms with Crippen LogP contribution in [0.15, 0.2) is 0 Å². The predicted octanol–water partition coefficient (Wildman–Crippen LogP) is 5.56. The molecule has 0 heterocycles. The van der Waals surface area contributed by atoms with Gasteiger partial charge in [0.25, 0.3) is 0 Å². The molecular formula is C14H30. The molecule has 0 bridgehead atoms. The SMILES string of the molecule is CCC1CCCCC1.CCCCCC. The first kappa shape index (κ1) is 14.0. The molecular weight excluding hydrogens is 168 g/mol. The van der Waals surface area contributed by atoms with Crippen LogP contribution in [0.25, 0.3) is 0 Å². The van der Waals surface area contributed by atoms with Crippen molar-refractivity contribution in [3.8, 4) is 0 Å². The van der Waals surface area contributed by atoms with Crippen molar-refractivity contribution in [2.75, 3.05) is 0 Å². The third-order valence-electron chi connectivity index (χ3n) is 3.26. The van der Waals surface area contributed by atoms with Gasteiger partial charge in [0.15, 0.2) is 0 Å². The summed E-state index contributed by atoms with van der Waals surface area (Å²) in [6.45, 7) is 6.78. The van der Waals surface area contributed by atoms with Crippen LogP contribution in [-0.4, -0.2) is 0 Å². The highest BCUT2D eigenvalue weighted by molar-refractivity contribution is 4.63. The molecule has 0 spiro atoms. The van der Waals surface area contributed by atoms with Crippen molar-refractivity contribution in [2.24, 2.45) is 5.92 Å². The Kier molecular flexibility index (Phi) is 11.1. The van der Waals surface area contributed by atoms with E-state index >= 15 is 0 Å². The van der Waals surface area contributed by atoms with E-state index < -0.39 is 0 Å². The van der Waals surface area contributed by atoms with Gasteiger partial charge < -0.3 is 0 Å². The third-order valence-corrected chi connectivity index (χ3v) is 3.26. The molecule has 0 unspecified atom stereocenters. The quantitative estimate of drug-likeness (QED) is 0.518. The Morgan fingerprint density at radius 2 is 1.29 bits per heavy atom. The summed E-state index contributed by atoms with van der Waals surface area (Å²) < 4.78 is 0. The van der Waals surface area contributed by atoms with Crippen LogP contribution in [0.5, 0.6) is 0 Å². The zero-order valence-electron chi connectivity index (χ0n) is 10.6. The van der Waals surface area contributed by atoms with Gasteiger partial charge in [0.2, 0.25) is 0 Å². The summed E-state index contributed by atoms with van der Waals surface area (Å²) >= 11 is 0. The lowest BCUT2D eigenvalue weighted by Crippen LogP contribution is -2.03. The van der Waals surface area contributed by atoms with Crippen LogP contribution in [0.3, 0.4) is 0 Å². The van der Waals surface area contributed by atoms with E-state index in [1.807, 2.05) is 0 Å². The highest BCUT2D eigenvalue weighted by atomic mass is 14.2. The van der Waals surface area contributed by atoms with Gasteiger partial charge in [0, 0.05) is 0 Å². The second kappa shape index (κ2) is 11.1. The molecule has 1 saturated carbocycles. The van der Waals surface area contributed by atoms with Crippen molar-refractivity contribution in [3.05, 3.63) is 0 Å². The highest BCUT2D eigenvalue weighted by Crippen LogP contribution is 2.25. The van der Waals surface area contributed by atoms with Crippen molar-refractivity contribution >= 4 is 0 Å². The molecule has 1 fully saturated rings. The second-order valence-corrected chi connectivity index (χ2v) is 4.62. The van der Waals surface area contributed by atoms with Gasteiger partial charge in [-0.3, -0.25) is 0 Å². The van der Waals surface area contributed by atoms with Gasteiger partial charge in [-0.1, -0.05) is 85.0 Å². The standard InChI is InChI=1S/C8H16.C6H14/c1-2-8-6-4-3-5-7-8;1-3-5-6-4-2/h8H,2-7H2,1H3;3-6H2,1-2H3. The number of unbranched alkanes of at least 4 members (excludes halogenated alkanes) is 3. The monoisotopic (exact) mass is 198 g/mol. The van der Waals surface area contributed by atoms with Crippen molar-refractivity contribution < 1.29 is 0 Å². The number of hydrogen-bond acceptors (Lipinski definition) is 0. The molecule has 0 saturated heterocycles. The van der Waals surface area contributed by atoms with E-state index in [2.05, 4.69) is 20.8 Å². The molecule has 1 rings (SSSR count). The van der Waals surface area contributed by atoms with E-state index in [-0.39, 0.29) is 0 Å². The maximum Gasteiger partial charge on any atom is -0.0417 e. The van der Waals surface area contributed by atoms with Gasteiger partial charge in [-0.2, -0.15) is 0 Å². The molecule has 14 heavy (non-hydrogen) atoms. The maximum atomic E-state index is 2.32. The summed E-state index contributed by atoms with van der Waals surface area (Å²) in [6.07, 6.45) is 14.5. The molecule has 0 radical (unpaired) electrons. The molecule has 86 valence electrons. The second-order valence-electron chi connectivity index (χ2n) is 4.62. The van der Waals surface area contributed by atoms with Gasteiger partial charge in [0.1, 0.15) is 0 Å². The smallest absolute Gasteiger partial charge is 0.0417 e. The van der Waals surface area contributed by atoms with Crippen LogP contribution in [0.2, 0.25) is 0 Å². The van der Waals surface area contributed by atoms with E-state index in [1.165, 1.54) is 64.2 Å². The molecule has 0 nitrogen and oxygen atoms in total. The van der Waals surface area contributed by atoms with Crippen molar-refractivity contribution in [2.45, 2.75) is 85.0 Å². The largest absolute Gasteiger partial charge is 0.0654 e. The zero-order valence-corrected chi connectivity index (χ0v) is 10.6. The lowest BCUT2D eigenvalue weighted by Gasteiger charge is -2.18. The fraction of sp³-hybridized carbons (Fsp3) is 1.00. The van der Waals surface area contributed by atoms with Crippen molar-refractivity contribution in [1.82, 2.24) is 0 Å². The normalized spacial score (nSPS) is 17.4. The molecule has 0 aromatic heterocycles. The summed E-state index contributed by atoms with van der Waals surface area (Å²) in [7, 11) is 0. The average molecular weight is 198 g/mol. The van der Waals surface area contributed by atoms with E-state index in [9.17, 15) is 0 Å². The Morgan fingerprint density at radius 3 is 1.57 bits per heavy atom. The van der Waals surface area contributed by atoms with Crippen LogP contribution >= 0.6 is 0 Å². The van der Waals surface area contributed by atoms with Crippen LogP contribution in [0, 0.1) is 5.92 Å². The molecule has 0 aliphatic heterocycles. The topological polar surface area (TPSA) is 0 Å². The zero-order chi connectivity index (χ0) is 10.6. The lowest BCUT2D eigenvalue weighted by molar-refractivity contribution is 0.349. The first-order valence-electron chi connectivity index (χ1n) is 6.85. The van der Waals surface area contributed by atoms with Gasteiger partial charge in [-0.25, -0.2) is 0 Å². The molecule has 0 aromatic carbocycles. The maximum absolute atomic E-state index is 2.32. The minimum atomic E-state index is 1.09. The lowest BCUT2D eigenvalue weighted by atomic mass is 9.88. The Morgan fingerprint density at radius 1 is 0.786 bits per heavy atom. The van der Waals surface area contributed by atoms with Crippen molar-refractivity contribution in [3.63, 3.8) is 0 Å². The van der Waals surface area contributed by atoms with Crippen LogP contribution < -0.4 is 0 Å². The first-order chi connectivity index (χ1) is 6.85. The fourth-order valence-electron chi connectivity index (χ4n) is 2.10. The first-order valence-corrected chi connectivity index (χ1v) is 6.85. The minimum absolute atomic E-state index is 1.09. The Labute approximate surface area is 91.5 Å². The molecule has 1 aliphatic rings. The molecule has 0 N–H and O–H groups in total. The summed E-state index contributed by atoms with van der Waals surface area (Å²) in [5.74, 6) is 1.09. The van der Waals surface area contributed by atoms with Crippen LogP contribution in [0.1, 0.15) is 85.0 Å². The Hall–Kier alpha value is 0. The van der Waals surface area contributed by atoms with Crippen LogP contribution in [0.4, 0.5) is 0 Å². The van der Waals surface area contributed by atoms with Gasteiger partial charge in [-0.05, 0) is 5.92 Å².